The maximum atomic E-state index is 6.35. The molecule has 21 heavy (non-hydrogen) atoms. The van der Waals surface area contributed by atoms with Gasteiger partial charge in [-0.15, -0.1) is 11.6 Å². The van der Waals surface area contributed by atoms with Crippen LogP contribution in [0.15, 0.2) is 18.2 Å². The molecule has 3 nitrogen and oxygen atoms in total. The van der Waals surface area contributed by atoms with Crippen LogP contribution >= 0.6 is 23.4 Å². The lowest BCUT2D eigenvalue weighted by Crippen LogP contribution is -2.18. The number of methoxy groups -OCH3 is 1. The number of alkyl halides is 1. The third kappa shape index (κ3) is 3.16. The van der Waals surface area contributed by atoms with Gasteiger partial charge < -0.3 is 9.30 Å². The highest BCUT2D eigenvalue weighted by molar-refractivity contribution is 7.99. The molecule has 0 spiro atoms. The summed E-state index contributed by atoms with van der Waals surface area (Å²) in [5.74, 6) is 3.08. The summed E-state index contributed by atoms with van der Waals surface area (Å²) in [7, 11) is 1.68. The predicted octanol–water partition coefficient (Wildman–Crippen LogP) is 4.63. The maximum Gasteiger partial charge on any atom is 0.127 e. The highest BCUT2D eigenvalue weighted by atomic mass is 35.5. The molecule has 1 aliphatic rings. The van der Waals surface area contributed by atoms with Crippen LogP contribution in [0.25, 0.3) is 11.0 Å². The zero-order valence-electron chi connectivity index (χ0n) is 12.5. The van der Waals surface area contributed by atoms with E-state index < -0.39 is 0 Å². The number of fused-ring (bicyclic) bond motifs is 1. The van der Waals surface area contributed by atoms with Crippen LogP contribution in [0.5, 0.6) is 5.75 Å². The second-order valence-corrected chi connectivity index (χ2v) is 7.60. The smallest absolute Gasteiger partial charge is 0.127 e. The molecule has 1 aromatic carbocycles. The van der Waals surface area contributed by atoms with Gasteiger partial charge in [0.2, 0.25) is 0 Å². The normalized spacial score (nSPS) is 20.6. The molecule has 114 valence electrons. The fourth-order valence-corrected chi connectivity index (χ4v) is 4.36. The Morgan fingerprint density at radius 3 is 3.00 bits per heavy atom. The molecule has 2 heterocycles. The van der Waals surface area contributed by atoms with Gasteiger partial charge in [-0.2, -0.15) is 11.8 Å². The van der Waals surface area contributed by atoms with Crippen LogP contribution in [-0.2, 0) is 6.54 Å². The van der Waals surface area contributed by atoms with E-state index in [4.69, 9.17) is 21.3 Å². The quantitative estimate of drug-likeness (QED) is 0.767. The molecule has 2 atom stereocenters. The van der Waals surface area contributed by atoms with E-state index >= 15 is 0 Å². The van der Waals surface area contributed by atoms with E-state index in [9.17, 15) is 0 Å². The van der Waals surface area contributed by atoms with Gasteiger partial charge in [0.1, 0.15) is 11.6 Å². The lowest BCUT2D eigenvalue weighted by Gasteiger charge is -2.23. The maximum absolute atomic E-state index is 6.35. The summed E-state index contributed by atoms with van der Waals surface area (Å²) in [6, 6.07) is 6.08. The van der Waals surface area contributed by atoms with Crippen LogP contribution in [0.2, 0.25) is 0 Å². The molecule has 0 bridgehead atoms. The first-order valence-corrected chi connectivity index (χ1v) is 8.97. The van der Waals surface area contributed by atoms with Crippen molar-refractivity contribution < 1.29 is 4.74 Å². The summed E-state index contributed by atoms with van der Waals surface area (Å²) in [6.45, 7) is 2.99. The summed E-state index contributed by atoms with van der Waals surface area (Å²) in [4.78, 5) is 4.73. The minimum absolute atomic E-state index is 0.0861. The molecular weight excluding hydrogens is 304 g/mol. The van der Waals surface area contributed by atoms with Gasteiger partial charge in [-0.25, -0.2) is 4.98 Å². The fourth-order valence-electron chi connectivity index (χ4n) is 2.91. The van der Waals surface area contributed by atoms with Crippen LogP contribution in [0.4, 0.5) is 0 Å². The average molecular weight is 325 g/mol. The first kappa shape index (κ1) is 15.0. The van der Waals surface area contributed by atoms with Crippen molar-refractivity contribution in [2.24, 2.45) is 0 Å². The highest BCUT2D eigenvalue weighted by Crippen LogP contribution is 2.31. The lowest BCUT2D eigenvalue weighted by atomic mass is 10.2. The van der Waals surface area contributed by atoms with Crippen molar-refractivity contribution in [2.75, 3.05) is 12.9 Å². The third-order valence-corrected chi connectivity index (χ3v) is 5.58. The number of thioether (sulfide) groups is 1. The summed E-state index contributed by atoms with van der Waals surface area (Å²) in [5, 5.41) is 0.587. The number of hydrogen-bond acceptors (Lipinski definition) is 3. The molecular formula is C16H21ClN2OS. The first-order chi connectivity index (χ1) is 10.2. The second-order valence-electron chi connectivity index (χ2n) is 5.54. The van der Waals surface area contributed by atoms with Gasteiger partial charge in [0, 0.05) is 17.9 Å². The Morgan fingerprint density at radius 2 is 2.33 bits per heavy atom. The van der Waals surface area contributed by atoms with Crippen molar-refractivity contribution in [3.05, 3.63) is 24.0 Å². The zero-order valence-corrected chi connectivity index (χ0v) is 14.1. The summed E-state index contributed by atoms with van der Waals surface area (Å²) >= 11 is 8.43. The number of imidazole rings is 1. The number of benzene rings is 1. The van der Waals surface area contributed by atoms with Gasteiger partial charge in [-0.05, 0) is 37.7 Å². The fraction of sp³-hybridized carbons (Fsp3) is 0.562. The molecule has 2 aromatic rings. The van der Waals surface area contributed by atoms with Gasteiger partial charge >= 0.3 is 0 Å². The Hall–Kier alpha value is -0.870. The predicted molar refractivity (Wildman–Crippen MR) is 90.7 cm³/mol. The molecule has 0 aliphatic carbocycles. The third-order valence-electron chi connectivity index (χ3n) is 4.00. The minimum atomic E-state index is -0.0861. The lowest BCUT2D eigenvalue weighted by molar-refractivity contribution is 0.415. The largest absolute Gasteiger partial charge is 0.497 e. The van der Waals surface area contributed by atoms with Crippen LogP contribution in [0, 0.1) is 0 Å². The monoisotopic (exact) mass is 324 g/mol. The molecule has 0 N–H and O–H groups in total. The number of rotatable bonds is 4. The first-order valence-electron chi connectivity index (χ1n) is 7.49. The Morgan fingerprint density at radius 1 is 1.48 bits per heavy atom. The average Bonchev–Trinajstić information content (AvgIpc) is 2.86. The summed E-state index contributed by atoms with van der Waals surface area (Å²) < 4.78 is 7.60. The SMILES string of the molecule is COc1ccc2c(c1)nc(C(C)Cl)n2CC1CCCCS1. The minimum Gasteiger partial charge on any atom is -0.497 e. The molecule has 0 radical (unpaired) electrons. The Labute approximate surface area is 135 Å². The molecule has 1 aliphatic heterocycles. The van der Waals surface area contributed by atoms with E-state index in [0.717, 1.165) is 29.2 Å². The molecule has 1 aromatic heterocycles. The van der Waals surface area contributed by atoms with Crippen LogP contribution < -0.4 is 4.74 Å². The van der Waals surface area contributed by atoms with Crippen molar-refractivity contribution in [1.82, 2.24) is 9.55 Å². The van der Waals surface area contributed by atoms with E-state index in [1.165, 1.54) is 25.0 Å². The molecule has 1 fully saturated rings. The van der Waals surface area contributed by atoms with Crippen molar-refractivity contribution in [3.63, 3.8) is 0 Å². The summed E-state index contributed by atoms with van der Waals surface area (Å²) in [5.41, 5.74) is 2.13. The Kier molecular flexibility index (Phi) is 4.65. The Balaban J connectivity index is 1.99. The van der Waals surface area contributed by atoms with Gasteiger partial charge in [0.05, 0.1) is 23.5 Å². The van der Waals surface area contributed by atoms with E-state index in [-0.39, 0.29) is 5.38 Å². The zero-order chi connectivity index (χ0) is 14.8. The van der Waals surface area contributed by atoms with E-state index in [1.54, 1.807) is 7.11 Å². The summed E-state index contributed by atoms with van der Waals surface area (Å²) in [6.07, 6.45) is 3.97. The number of hydrogen-bond donors (Lipinski definition) is 0. The second kappa shape index (κ2) is 6.49. The van der Waals surface area contributed by atoms with E-state index in [0.29, 0.717) is 5.25 Å². The van der Waals surface area contributed by atoms with E-state index in [1.807, 2.05) is 19.1 Å². The standard InChI is InChI=1S/C16H21ClN2OS/c1-11(17)16-18-14-9-12(20-2)6-7-15(14)19(16)10-13-5-3-4-8-21-13/h6-7,9,11,13H,3-5,8,10H2,1-2H3. The number of nitrogens with zero attached hydrogens (tertiary/aromatic N) is 2. The van der Waals surface area contributed by atoms with Crippen molar-refractivity contribution in [1.29, 1.82) is 0 Å². The number of ether oxygens (including phenoxy) is 1. The molecule has 2 unspecified atom stereocenters. The van der Waals surface area contributed by atoms with Crippen molar-refractivity contribution in [2.45, 2.75) is 43.4 Å². The number of aromatic nitrogens is 2. The van der Waals surface area contributed by atoms with Gasteiger partial charge in [-0.3, -0.25) is 0 Å². The van der Waals surface area contributed by atoms with Gasteiger partial charge in [-0.1, -0.05) is 6.42 Å². The van der Waals surface area contributed by atoms with Gasteiger partial charge in [0.25, 0.3) is 0 Å². The molecule has 0 amide bonds. The van der Waals surface area contributed by atoms with Crippen molar-refractivity contribution in [3.8, 4) is 5.75 Å². The van der Waals surface area contributed by atoms with Crippen LogP contribution in [-0.4, -0.2) is 27.7 Å². The molecule has 0 saturated carbocycles. The Bertz CT molecular complexity index is 620. The topological polar surface area (TPSA) is 27.1 Å². The highest BCUT2D eigenvalue weighted by Gasteiger charge is 2.20. The van der Waals surface area contributed by atoms with Crippen LogP contribution in [0.1, 0.15) is 37.4 Å². The van der Waals surface area contributed by atoms with Crippen molar-refractivity contribution >= 4 is 34.4 Å². The molecule has 1 saturated heterocycles. The van der Waals surface area contributed by atoms with Crippen LogP contribution in [0.3, 0.4) is 0 Å². The van der Waals surface area contributed by atoms with E-state index in [2.05, 4.69) is 22.4 Å². The molecule has 3 rings (SSSR count). The number of halogens is 1. The molecule has 5 heteroatoms. The van der Waals surface area contributed by atoms with Gasteiger partial charge in [0.15, 0.2) is 0 Å².